The number of thiol groups is 1. The highest BCUT2D eigenvalue weighted by atomic mass is 32.1. The third-order valence-electron chi connectivity index (χ3n) is 0. The molecule has 0 unspecified atom stereocenters. The van der Waals surface area contributed by atoms with E-state index in [0.717, 1.165) is 0 Å². The molecular formula is CH3O3S-. The second-order valence-electron chi connectivity index (χ2n) is 0.0745. The Balaban J connectivity index is 0. The quantitative estimate of drug-likeness (QED) is 0.295. The molecule has 0 radical (unpaired) electrons. The smallest absolute Gasteiger partial charge is 0.106 e. The Labute approximate surface area is 32.6 Å². The Bertz CT molecular complexity index is 36.2. The predicted molar refractivity (Wildman–Crippen MR) is 17.3 cm³/mol. The molecule has 0 aliphatic rings. The van der Waals surface area contributed by atoms with E-state index in [1.807, 2.05) is 6.79 Å². The highest BCUT2D eigenvalue weighted by Crippen LogP contribution is 0.942. The minimum absolute atomic E-state index is 1.08. The molecule has 0 bridgehead atoms. The second-order valence-corrected chi connectivity index (χ2v) is 0.224. The van der Waals surface area contributed by atoms with E-state index in [1.165, 1.54) is 0 Å². The van der Waals surface area contributed by atoms with Crippen molar-refractivity contribution in [3.05, 3.63) is 0 Å². The zero-order valence-electron chi connectivity index (χ0n) is 2.38. The summed E-state index contributed by atoms with van der Waals surface area (Å²) in [4.78, 5) is 8.00. The van der Waals surface area contributed by atoms with E-state index in [0.29, 0.717) is 0 Å². The van der Waals surface area contributed by atoms with E-state index in [4.69, 9.17) is 13.2 Å². The van der Waals surface area contributed by atoms with Crippen LogP contribution >= 0.6 is 0 Å². The summed E-state index contributed by atoms with van der Waals surface area (Å²) < 4.78 is 16.7. The van der Waals surface area contributed by atoms with Crippen LogP contribution in [0.5, 0.6) is 0 Å². The third-order valence-corrected chi connectivity index (χ3v) is 0. The van der Waals surface area contributed by atoms with Crippen molar-refractivity contribution in [2.75, 3.05) is 0 Å². The molecule has 0 rings (SSSR count). The van der Waals surface area contributed by atoms with Gasteiger partial charge in [-0.2, -0.15) is 0 Å². The van der Waals surface area contributed by atoms with Gasteiger partial charge in [0.05, 0.1) is 0 Å². The summed E-state index contributed by atoms with van der Waals surface area (Å²) in [6.07, 6.45) is 0. The molecule has 0 fully saturated rings. The van der Waals surface area contributed by atoms with Crippen molar-refractivity contribution in [3.8, 4) is 0 Å². The van der Waals surface area contributed by atoms with Crippen LogP contribution in [0.2, 0.25) is 0 Å². The van der Waals surface area contributed by atoms with Gasteiger partial charge in [0.1, 0.15) is 6.79 Å². The van der Waals surface area contributed by atoms with Gasteiger partial charge < -0.3 is 13.2 Å². The maximum atomic E-state index is 8.35. The molecule has 0 N–H and O–H groups in total. The van der Waals surface area contributed by atoms with Crippen molar-refractivity contribution in [1.82, 2.24) is 0 Å². The van der Waals surface area contributed by atoms with E-state index in [2.05, 4.69) is 0 Å². The minimum atomic E-state index is -1.08. The fourth-order valence-corrected chi connectivity index (χ4v) is 0. The van der Waals surface area contributed by atoms with Crippen LogP contribution in [0, 0.1) is 0 Å². The average Bonchev–Trinajstić information content (AvgIpc) is 1.46. The molecule has 32 valence electrons. The summed E-state index contributed by atoms with van der Waals surface area (Å²) in [5, 5.41) is 0. The molecular weight excluding hydrogens is 92.1 g/mol. The Kier molecular flexibility index (Phi) is 114. The van der Waals surface area contributed by atoms with Gasteiger partial charge >= 0.3 is 0 Å². The van der Waals surface area contributed by atoms with Crippen LogP contribution in [-0.4, -0.2) is 6.79 Å². The first-order valence-corrected chi connectivity index (χ1v) is 1.38. The summed E-state index contributed by atoms with van der Waals surface area (Å²) >= 11 is -1.08. The molecule has 0 amide bonds. The fraction of sp³-hybridized carbons (Fsp3) is 0. The molecule has 0 spiro atoms. The van der Waals surface area contributed by atoms with Crippen LogP contribution < -0.4 is 0 Å². The lowest BCUT2D eigenvalue weighted by Gasteiger charge is -1.27. The number of carbonyl (C=O) groups is 1. The van der Waals surface area contributed by atoms with Crippen LogP contribution in [0.25, 0.3) is 0 Å². The first kappa shape index (κ1) is 8.82. The maximum absolute atomic E-state index is 8.35. The van der Waals surface area contributed by atoms with Gasteiger partial charge in [0, 0.05) is 0 Å². The molecule has 0 heterocycles. The zero-order chi connectivity index (χ0) is 4.71. The van der Waals surface area contributed by atoms with E-state index in [-0.39, 0.29) is 0 Å². The second kappa shape index (κ2) is 64.6. The molecule has 0 aromatic carbocycles. The lowest BCUT2D eigenvalue weighted by molar-refractivity contribution is -0.0979. The lowest BCUT2D eigenvalue weighted by atomic mass is 11.9. The Morgan fingerprint density at radius 2 is 1.20 bits per heavy atom. The van der Waals surface area contributed by atoms with E-state index >= 15 is 0 Å². The molecule has 4 heteroatoms. The molecule has 0 aromatic rings. The molecule has 0 aromatic heterocycles. The van der Waals surface area contributed by atoms with Crippen LogP contribution in [-0.2, 0) is 24.8 Å². The first-order chi connectivity index (χ1) is 2.41. The summed E-state index contributed by atoms with van der Waals surface area (Å²) in [6.45, 7) is 2.00. The topological polar surface area (TPSA) is 51.2 Å². The van der Waals surface area contributed by atoms with Gasteiger partial charge in [0.2, 0.25) is 0 Å². The number of carbonyl (C=O) groups excluding carboxylic acids is 1. The van der Waals surface area contributed by atoms with Crippen molar-refractivity contribution in [1.29, 1.82) is 0 Å². The Hall–Kier alpha value is -0.380. The van der Waals surface area contributed by atoms with Crippen molar-refractivity contribution in [2.24, 2.45) is 0 Å². The standard InChI is InChI=1S/CH2O.HO2S/c1-2;1-3-2/h1H2;3H/q;-1. The first-order valence-electron chi connectivity index (χ1n) is 0.654. The highest BCUT2D eigenvalue weighted by molar-refractivity contribution is 7.51. The van der Waals surface area contributed by atoms with Gasteiger partial charge in [-0.1, -0.05) is 11.6 Å². The summed E-state index contributed by atoms with van der Waals surface area (Å²) in [6, 6.07) is 0. The van der Waals surface area contributed by atoms with E-state index < -0.39 is 11.6 Å². The van der Waals surface area contributed by atoms with E-state index in [1.54, 1.807) is 0 Å². The highest BCUT2D eigenvalue weighted by Gasteiger charge is 0.757. The van der Waals surface area contributed by atoms with Crippen LogP contribution in [0.1, 0.15) is 0 Å². The average molecular weight is 95.1 g/mol. The monoisotopic (exact) mass is 95.0 g/mol. The third kappa shape index (κ3) is 65.8. The summed E-state index contributed by atoms with van der Waals surface area (Å²) in [5.41, 5.74) is 0. The fourth-order valence-electron chi connectivity index (χ4n) is 0. The van der Waals surface area contributed by atoms with Gasteiger partial charge in [0.15, 0.2) is 0 Å². The van der Waals surface area contributed by atoms with Crippen molar-refractivity contribution in [3.63, 3.8) is 0 Å². The maximum Gasteiger partial charge on any atom is 0.106 e. The van der Waals surface area contributed by atoms with Gasteiger partial charge in [-0.25, -0.2) is 0 Å². The Morgan fingerprint density at radius 3 is 1.20 bits per heavy atom. The molecule has 3 nitrogen and oxygen atoms in total. The molecule has 0 saturated carbocycles. The van der Waals surface area contributed by atoms with Crippen LogP contribution in [0.3, 0.4) is 0 Å². The van der Waals surface area contributed by atoms with Crippen molar-refractivity contribution < 1.29 is 13.2 Å². The van der Waals surface area contributed by atoms with Crippen LogP contribution in [0.15, 0.2) is 0 Å². The number of hydrogen-bond acceptors (Lipinski definition) is 4. The number of hydrogen-bond donors (Lipinski definition) is 0. The molecule has 0 aliphatic carbocycles. The largest absolute Gasteiger partial charge is 0.427 e. The SMILES string of the molecule is C=O.O=[SH-]=O. The van der Waals surface area contributed by atoms with E-state index in [9.17, 15) is 0 Å². The van der Waals surface area contributed by atoms with Crippen molar-refractivity contribution in [2.45, 2.75) is 0 Å². The van der Waals surface area contributed by atoms with Gasteiger partial charge in [0.25, 0.3) is 0 Å². The number of rotatable bonds is 0. The molecule has 0 atom stereocenters. The molecule has 0 aliphatic heterocycles. The van der Waals surface area contributed by atoms with Gasteiger partial charge in [-0.05, 0) is 0 Å². The minimum Gasteiger partial charge on any atom is -0.427 e. The van der Waals surface area contributed by atoms with Crippen LogP contribution in [0.4, 0.5) is 0 Å². The van der Waals surface area contributed by atoms with Gasteiger partial charge in [-0.3, -0.25) is 0 Å². The van der Waals surface area contributed by atoms with Gasteiger partial charge in [-0.15, -0.1) is 0 Å². The molecule has 0 saturated heterocycles. The lowest BCUT2D eigenvalue weighted by Crippen LogP contribution is -1.06. The normalized spacial score (nSPS) is 4.00. The zero-order valence-corrected chi connectivity index (χ0v) is 3.27. The summed E-state index contributed by atoms with van der Waals surface area (Å²) in [7, 11) is 0. The predicted octanol–water partition coefficient (Wildman–Crippen LogP) is -0.693. The Morgan fingerprint density at radius 1 is 1.20 bits per heavy atom. The molecule has 5 heavy (non-hydrogen) atoms. The summed E-state index contributed by atoms with van der Waals surface area (Å²) in [5.74, 6) is 0. The van der Waals surface area contributed by atoms with Crippen molar-refractivity contribution >= 4 is 18.4 Å².